The molecular weight excluding hydrogens is 547 g/mol. The molecule has 0 aromatic heterocycles. The first-order valence-electron chi connectivity index (χ1n) is 12.6. The molecule has 0 unspecified atom stereocenters. The molecule has 0 radical (unpaired) electrons. The molecule has 0 spiro atoms. The maximum Gasteiger partial charge on any atom is 0.573 e. The minimum absolute atomic E-state index is 0.0740. The number of halogens is 4. The Bertz CT molecular complexity index is 1310. The second-order valence-corrected chi connectivity index (χ2v) is 9.57. The van der Waals surface area contributed by atoms with Gasteiger partial charge in [-0.05, 0) is 91.5 Å². The third kappa shape index (κ3) is 9.46. The summed E-state index contributed by atoms with van der Waals surface area (Å²) < 4.78 is 47.2. The van der Waals surface area contributed by atoms with Gasteiger partial charge in [-0.25, -0.2) is 5.43 Å². The molecule has 0 saturated carbocycles. The fourth-order valence-corrected chi connectivity index (χ4v) is 4.26. The van der Waals surface area contributed by atoms with E-state index >= 15 is 0 Å². The van der Waals surface area contributed by atoms with E-state index in [0.29, 0.717) is 19.7 Å². The largest absolute Gasteiger partial charge is 0.573 e. The average Bonchev–Trinajstić information content (AvgIpc) is 2.87. The Morgan fingerprint density at radius 2 is 1.75 bits per heavy atom. The fraction of sp³-hybridized carbons (Fsp3) is 0.310. The van der Waals surface area contributed by atoms with Gasteiger partial charge < -0.3 is 14.6 Å². The second kappa shape index (κ2) is 14.0. The maximum atomic E-state index is 12.4. The van der Waals surface area contributed by atoms with Crippen molar-refractivity contribution in [1.82, 2.24) is 10.3 Å². The van der Waals surface area contributed by atoms with Crippen molar-refractivity contribution >= 4 is 23.7 Å². The van der Waals surface area contributed by atoms with Crippen molar-refractivity contribution in [3.63, 3.8) is 0 Å². The molecule has 3 rings (SSSR count). The second-order valence-electron chi connectivity index (χ2n) is 9.17. The molecule has 11 heteroatoms. The Morgan fingerprint density at radius 3 is 2.35 bits per heavy atom. The molecule has 0 heterocycles. The van der Waals surface area contributed by atoms with Crippen molar-refractivity contribution in [3.8, 4) is 17.2 Å². The van der Waals surface area contributed by atoms with Crippen molar-refractivity contribution in [2.24, 2.45) is 5.10 Å². The van der Waals surface area contributed by atoms with Crippen LogP contribution < -0.4 is 14.9 Å². The van der Waals surface area contributed by atoms with Gasteiger partial charge in [-0.15, -0.1) is 13.2 Å². The van der Waals surface area contributed by atoms with Gasteiger partial charge in [0.2, 0.25) is 0 Å². The van der Waals surface area contributed by atoms with Gasteiger partial charge in [0.1, 0.15) is 23.9 Å². The minimum atomic E-state index is -4.71. The predicted molar refractivity (Wildman–Crippen MR) is 148 cm³/mol. The number of nitrogens with zero attached hydrogens (tertiary/aromatic N) is 2. The number of phenols is 1. The van der Waals surface area contributed by atoms with Crippen LogP contribution in [0.4, 0.5) is 13.2 Å². The van der Waals surface area contributed by atoms with E-state index in [4.69, 9.17) is 16.3 Å². The molecule has 1 amide bonds. The number of rotatable bonds is 12. The summed E-state index contributed by atoms with van der Waals surface area (Å²) in [6, 6.07) is 13.8. The van der Waals surface area contributed by atoms with E-state index in [1.807, 2.05) is 26.0 Å². The number of carbonyl (C=O) groups is 1. The van der Waals surface area contributed by atoms with Gasteiger partial charge in [0, 0.05) is 18.7 Å². The van der Waals surface area contributed by atoms with Gasteiger partial charge in [-0.3, -0.25) is 9.69 Å². The fourth-order valence-electron chi connectivity index (χ4n) is 4.08. The van der Waals surface area contributed by atoms with Crippen LogP contribution >= 0.6 is 11.6 Å². The van der Waals surface area contributed by atoms with E-state index < -0.39 is 12.3 Å². The van der Waals surface area contributed by atoms with E-state index in [1.54, 1.807) is 12.1 Å². The zero-order valence-electron chi connectivity index (χ0n) is 22.4. The molecular formula is C29H31ClF3N3O4. The number of ether oxygens (including phenoxy) is 2. The van der Waals surface area contributed by atoms with Crippen molar-refractivity contribution in [2.75, 3.05) is 19.7 Å². The minimum Gasteiger partial charge on any atom is -0.506 e. The van der Waals surface area contributed by atoms with Crippen molar-refractivity contribution in [1.29, 1.82) is 0 Å². The molecule has 0 fully saturated rings. The molecule has 0 aliphatic carbocycles. The van der Waals surface area contributed by atoms with Crippen LogP contribution in [0.2, 0.25) is 5.02 Å². The lowest BCUT2D eigenvalue weighted by Gasteiger charge is -2.23. The third-order valence-corrected chi connectivity index (χ3v) is 6.13. The maximum absolute atomic E-state index is 12.4. The summed E-state index contributed by atoms with van der Waals surface area (Å²) in [7, 11) is 0. The van der Waals surface area contributed by atoms with Crippen LogP contribution in [0.25, 0.3) is 0 Å². The Hall–Kier alpha value is -3.76. The van der Waals surface area contributed by atoms with Gasteiger partial charge in [0.25, 0.3) is 5.91 Å². The molecule has 3 aromatic rings. The first-order chi connectivity index (χ1) is 18.9. The van der Waals surface area contributed by atoms with Crippen LogP contribution in [0.1, 0.15) is 46.0 Å². The summed E-state index contributed by atoms with van der Waals surface area (Å²) in [5.41, 5.74) is 6.16. The van der Waals surface area contributed by atoms with E-state index in [1.165, 1.54) is 36.5 Å². The number of aromatic hydroxyl groups is 1. The van der Waals surface area contributed by atoms with Crippen LogP contribution in [-0.2, 0) is 6.54 Å². The van der Waals surface area contributed by atoms with E-state index in [-0.39, 0.29) is 22.1 Å². The molecule has 0 saturated heterocycles. The summed E-state index contributed by atoms with van der Waals surface area (Å²) >= 11 is 5.85. The average molecular weight is 578 g/mol. The Kier molecular flexibility index (Phi) is 10.8. The SMILES string of the molecule is CCCN(CCOc1c(C)cc(/C=N/NC(=O)c2ccc(O)c(Cl)c2)cc1C)Cc1ccc(OC(F)(F)F)cc1. The lowest BCUT2D eigenvalue weighted by atomic mass is 10.1. The first kappa shape index (κ1) is 30.8. The number of nitrogens with one attached hydrogen (secondary N) is 1. The summed E-state index contributed by atoms with van der Waals surface area (Å²) in [4.78, 5) is 14.4. The Morgan fingerprint density at radius 1 is 1.07 bits per heavy atom. The highest BCUT2D eigenvalue weighted by atomic mass is 35.5. The highest BCUT2D eigenvalue weighted by Crippen LogP contribution is 2.26. The number of hydrazone groups is 1. The zero-order chi connectivity index (χ0) is 29.3. The normalized spacial score (nSPS) is 11.7. The summed E-state index contributed by atoms with van der Waals surface area (Å²) in [5.74, 6) is -0.0642. The zero-order valence-corrected chi connectivity index (χ0v) is 23.1. The summed E-state index contributed by atoms with van der Waals surface area (Å²) in [6.45, 7) is 8.33. The molecule has 0 bridgehead atoms. The van der Waals surface area contributed by atoms with E-state index in [2.05, 4.69) is 27.1 Å². The molecule has 40 heavy (non-hydrogen) atoms. The summed E-state index contributed by atoms with van der Waals surface area (Å²) in [5, 5.41) is 13.6. The Labute approximate surface area is 236 Å². The van der Waals surface area contributed by atoms with Crippen molar-refractivity contribution < 1.29 is 32.5 Å². The van der Waals surface area contributed by atoms with Crippen molar-refractivity contribution in [2.45, 2.75) is 40.1 Å². The molecule has 7 nitrogen and oxygen atoms in total. The van der Waals surface area contributed by atoms with E-state index in [9.17, 15) is 23.1 Å². The highest BCUT2D eigenvalue weighted by Gasteiger charge is 2.31. The van der Waals surface area contributed by atoms with Gasteiger partial charge in [0.15, 0.2) is 0 Å². The lowest BCUT2D eigenvalue weighted by molar-refractivity contribution is -0.274. The molecule has 214 valence electrons. The number of benzene rings is 3. The number of aryl methyl sites for hydroxylation is 2. The van der Waals surface area contributed by atoms with Gasteiger partial charge >= 0.3 is 6.36 Å². The molecule has 0 aliphatic rings. The van der Waals surface area contributed by atoms with Gasteiger partial charge in [-0.2, -0.15) is 5.10 Å². The topological polar surface area (TPSA) is 83.4 Å². The van der Waals surface area contributed by atoms with Crippen LogP contribution in [-0.4, -0.2) is 48.2 Å². The monoisotopic (exact) mass is 577 g/mol. The van der Waals surface area contributed by atoms with Gasteiger partial charge in [0.05, 0.1) is 11.2 Å². The number of phenolic OH excluding ortho intramolecular Hbond substituents is 1. The predicted octanol–water partition coefficient (Wildman–Crippen LogP) is 6.62. The standard InChI is InChI=1S/C29H31ClF3N3O4/c1-4-11-36(18-21-5-8-24(9-6-21)40-29(31,32)33)12-13-39-27-19(2)14-22(15-20(27)3)17-34-35-28(38)23-7-10-26(37)25(30)16-23/h5-10,14-17,37H,4,11-13,18H2,1-3H3,(H,35,38)/b34-17+. The number of hydrogen-bond acceptors (Lipinski definition) is 6. The molecule has 0 aliphatic heterocycles. The van der Waals surface area contributed by atoms with Crippen molar-refractivity contribution in [3.05, 3.63) is 87.4 Å². The molecule has 0 atom stereocenters. The van der Waals surface area contributed by atoms with E-state index in [0.717, 1.165) is 41.0 Å². The number of amides is 1. The quantitative estimate of drug-likeness (QED) is 0.187. The number of alkyl halides is 3. The number of hydrogen-bond donors (Lipinski definition) is 2. The van der Waals surface area contributed by atoms with Crippen LogP contribution in [0.5, 0.6) is 17.2 Å². The van der Waals surface area contributed by atoms with Crippen LogP contribution in [0.3, 0.4) is 0 Å². The first-order valence-corrected chi connectivity index (χ1v) is 13.0. The molecule has 2 N–H and O–H groups in total. The molecule has 3 aromatic carbocycles. The Balaban J connectivity index is 1.55. The van der Waals surface area contributed by atoms with Gasteiger partial charge in [-0.1, -0.05) is 30.7 Å². The summed E-state index contributed by atoms with van der Waals surface area (Å²) in [6.07, 6.45) is -2.27. The third-order valence-electron chi connectivity index (χ3n) is 5.83. The lowest BCUT2D eigenvalue weighted by Crippen LogP contribution is -2.29. The van der Waals surface area contributed by atoms with Crippen LogP contribution in [0, 0.1) is 13.8 Å². The highest BCUT2D eigenvalue weighted by molar-refractivity contribution is 6.32. The smallest absolute Gasteiger partial charge is 0.506 e. The van der Waals surface area contributed by atoms with Crippen LogP contribution in [0.15, 0.2) is 59.7 Å². The number of carbonyl (C=O) groups excluding carboxylic acids is 1.